The van der Waals surface area contributed by atoms with Crippen LogP contribution in [0, 0.1) is 12.7 Å². The van der Waals surface area contributed by atoms with Crippen LogP contribution in [0.3, 0.4) is 0 Å². The number of fused-ring (bicyclic) bond motifs is 3. The summed E-state index contributed by atoms with van der Waals surface area (Å²) in [6, 6.07) is 8.74. The van der Waals surface area contributed by atoms with Gasteiger partial charge in [-0.1, -0.05) is 6.07 Å². The highest BCUT2D eigenvalue weighted by Gasteiger charge is 2.25. The highest BCUT2D eigenvalue weighted by molar-refractivity contribution is 5.90. The first-order valence-corrected chi connectivity index (χ1v) is 14.4. The van der Waals surface area contributed by atoms with Gasteiger partial charge < -0.3 is 20.2 Å². The summed E-state index contributed by atoms with van der Waals surface area (Å²) in [4.78, 5) is 22.5. The second kappa shape index (κ2) is 10.6. The fraction of sp³-hybridized carbons (Fsp3) is 0.333. The van der Waals surface area contributed by atoms with Crippen LogP contribution in [0.5, 0.6) is 0 Å². The van der Waals surface area contributed by atoms with E-state index in [1.54, 1.807) is 38.4 Å². The van der Waals surface area contributed by atoms with Crippen LogP contribution in [0.25, 0.3) is 39.5 Å². The molecule has 0 unspecified atom stereocenters. The number of aliphatic hydroxyl groups is 1. The number of pyridine rings is 1. The van der Waals surface area contributed by atoms with E-state index in [1.165, 1.54) is 16.8 Å². The molecule has 0 radical (unpaired) electrons. The number of hydrogen-bond acceptors (Lipinski definition) is 11. The summed E-state index contributed by atoms with van der Waals surface area (Å²) < 4.78 is 23.7. The topological polar surface area (TPSA) is 153 Å². The maximum Gasteiger partial charge on any atom is 0.226 e. The molecule has 1 saturated heterocycles. The summed E-state index contributed by atoms with van der Waals surface area (Å²) in [6.07, 6.45) is 4.94. The lowest BCUT2D eigenvalue weighted by Crippen LogP contribution is -2.47. The zero-order valence-corrected chi connectivity index (χ0v) is 24.6. The molecule has 1 fully saturated rings. The number of oxazole rings is 1. The Balaban J connectivity index is 1.04. The molecule has 14 heteroatoms. The SMILES string of the molecule is Cc1cccnc1-c1nc2c3cnn(CCN4CCN(c5cc(-c6coc(C(C)(C)O)n6)ccc5F)CC4)c3nc(N)n2n1. The van der Waals surface area contributed by atoms with Crippen molar-refractivity contribution >= 4 is 28.3 Å². The minimum absolute atomic E-state index is 0.213. The summed E-state index contributed by atoms with van der Waals surface area (Å²) in [5.41, 5.74) is 9.77. The molecule has 0 spiro atoms. The Hall–Kier alpha value is -4.95. The second-order valence-corrected chi connectivity index (χ2v) is 11.5. The van der Waals surface area contributed by atoms with Gasteiger partial charge in [0.2, 0.25) is 17.7 Å². The fourth-order valence-electron chi connectivity index (χ4n) is 5.49. The summed E-state index contributed by atoms with van der Waals surface area (Å²) in [5, 5.41) is 20.1. The van der Waals surface area contributed by atoms with Gasteiger partial charge in [0.05, 0.1) is 23.8 Å². The van der Waals surface area contributed by atoms with Crippen molar-refractivity contribution in [3.8, 4) is 22.8 Å². The third-order valence-corrected chi connectivity index (χ3v) is 7.93. The Morgan fingerprint density at radius 1 is 1.05 bits per heavy atom. The summed E-state index contributed by atoms with van der Waals surface area (Å²) in [5.74, 6) is 0.629. The Morgan fingerprint density at radius 2 is 1.86 bits per heavy atom. The zero-order chi connectivity index (χ0) is 30.6. The van der Waals surface area contributed by atoms with E-state index in [-0.39, 0.29) is 17.7 Å². The van der Waals surface area contributed by atoms with Crippen molar-refractivity contribution in [2.75, 3.05) is 43.4 Å². The second-order valence-electron chi connectivity index (χ2n) is 11.5. The number of rotatable bonds is 7. The predicted octanol–water partition coefficient (Wildman–Crippen LogP) is 3.27. The molecular formula is C30H32FN11O2. The summed E-state index contributed by atoms with van der Waals surface area (Å²) >= 11 is 0. The molecule has 0 bridgehead atoms. The van der Waals surface area contributed by atoms with Gasteiger partial charge in [0.1, 0.15) is 29.1 Å². The number of piperazine rings is 1. The van der Waals surface area contributed by atoms with Crippen molar-refractivity contribution < 1.29 is 13.9 Å². The molecule has 3 N–H and O–H groups in total. The molecule has 1 aliphatic rings. The van der Waals surface area contributed by atoms with Crippen molar-refractivity contribution in [1.82, 2.24) is 44.2 Å². The lowest BCUT2D eigenvalue weighted by Gasteiger charge is -2.36. The third kappa shape index (κ3) is 5.01. The number of halogens is 1. The molecule has 13 nitrogen and oxygen atoms in total. The average molecular weight is 598 g/mol. The summed E-state index contributed by atoms with van der Waals surface area (Å²) in [6.45, 7) is 9.35. The Bertz CT molecular complexity index is 1980. The number of anilines is 2. The Kier molecular flexibility index (Phi) is 6.74. The fourth-order valence-corrected chi connectivity index (χ4v) is 5.49. The first kappa shape index (κ1) is 27.9. The maximum absolute atomic E-state index is 14.9. The average Bonchev–Trinajstić information content (AvgIpc) is 3.76. The van der Waals surface area contributed by atoms with Crippen molar-refractivity contribution in [1.29, 1.82) is 0 Å². The Morgan fingerprint density at radius 3 is 2.61 bits per heavy atom. The van der Waals surface area contributed by atoms with E-state index in [0.29, 0.717) is 53.8 Å². The molecule has 0 amide bonds. The van der Waals surface area contributed by atoms with E-state index in [0.717, 1.165) is 36.1 Å². The quantitative estimate of drug-likeness (QED) is 0.279. The predicted molar refractivity (Wildman–Crippen MR) is 162 cm³/mol. The normalized spacial score (nSPS) is 14.7. The van der Waals surface area contributed by atoms with E-state index in [9.17, 15) is 9.50 Å². The standard InChI is InChI=1S/C30H32FN11O2/c1-18-5-4-8-33-24(18)25-36-27-20-16-34-41(26(20)37-29(32)42(27)38-25)14-11-39-9-12-40(13-10-39)23-15-19(6-7-21(23)31)22-17-44-28(35-22)30(2,3)43/h4-8,15-17,43H,9-14H2,1-3H3,(H2,32,37). The number of nitrogens with two attached hydrogens (primary N) is 1. The lowest BCUT2D eigenvalue weighted by atomic mass is 10.1. The number of aryl methyl sites for hydroxylation is 1. The third-order valence-electron chi connectivity index (χ3n) is 7.93. The molecule has 0 aliphatic carbocycles. The number of nitrogen functional groups attached to an aromatic ring is 1. The molecule has 1 aromatic carbocycles. The highest BCUT2D eigenvalue weighted by atomic mass is 19.1. The van der Waals surface area contributed by atoms with Crippen LogP contribution >= 0.6 is 0 Å². The monoisotopic (exact) mass is 597 g/mol. The van der Waals surface area contributed by atoms with E-state index in [4.69, 9.17) is 15.1 Å². The Labute approximate surface area is 251 Å². The van der Waals surface area contributed by atoms with E-state index in [1.807, 2.05) is 28.6 Å². The smallest absolute Gasteiger partial charge is 0.226 e. The molecular weight excluding hydrogens is 565 g/mol. The highest BCUT2D eigenvalue weighted by Crippen LogP contribution is 2.30. The first-order chi connectivity index (χ1) is 21.2. The van der Waals surface area contributed by atoms with Crippen LogP contribution < -0.4 is 10.6 Å². The van der Waals surface area contributed by atoms with Crippen molar-refractivity contribution in [3.05, 3.63) is 66.3 Å². The van der Waals surface area contributed by atoms with Crippen LogP contribution in [-0.2, 0) is 12.1 Å². The van der Waals surface area contributed by atoms with Gasteiger partial charge in [0.15, 0.2) is 11.3 Å². The van der Waals surface area contributed by atoms with Gasteiger partial charge >= 0.3 is 0 Å². The van der Waals surface area contributed by atoms with Gasteiger partial charge in [-0.25, -0.2) is 19.0 Å². The molecule has 0 saturated carbocycles. The first-order valence-electron chi connectivity index (χ1n) is 14.4. The number of aromatic nitrogens is 8. The largest absolute Gasteiger partial charge is 0.445 e. The van der Waals surface area contributed by atoms with Gasteiger partial charge in [0, 0.05) is 44.5 Å². The van der Waals surface area contributed by atoms with E-state index in [2.05, 4.69) is 30.0 Å². The van der Waals surface area contributed by atoms with Gasteiger partial charge in [-0.15, -0.1) is 5.10 Å². The van der Waals surface area contributed by atoms with E-state index < -0.39 is 5.60 Å². The van der Waals surface area contributed by atoms with Crippen molar-refractivity contribution in [2.45, 2.75) is 32.9 Å². The zero-order valence-electron chi connectivity index (χ0n) is 24.6. The van der Waals surface area contributed by atoms with Crippen molar-refractivity contribution in [3.63, 3.8) is 0 Å². The van der Waals surface area contributed by atoms with Crippen molar-refractivity contribution in [2.24, 2.45) is 0 Å². The van der Waals surface area contributed by atoms with Crippen LogP contribution in [0.1, 0.15) is 25.3 Å². The molecule has 6 heterocycles. The molecule has 44 heavy (non-hydrogen) atoms. The lowest BCUT2D eigenvalue weighted by molar-refractivity contribution is 0.0483. The molecule has 0 atom stereocenters. The molecule has 1 aliphatic heterocycles. The van der Waals surface area contributed by atoms with Gasteiger partial charge in [-0.05, 0) is 50.6 Å². The van der Waals surface area contributed by atoms with E-state index >= 15 is 0 Å². The summed E-state index contributed by atoms with van der Waals surface area (Å²) in [7, 11) is 0. The number of nitrogens with zero attached hydrogens (tertiary/aromatic N) is 10. The van der Waals surface area contributed by atoms with Crippen LogP contribution in [0.4, 0.5) is 16.0 Å². The molecule has 7 rings (SSSR count). The van der Waals surface area contributed by atoms with Gasteiger partial charge in [-0.2, -0.15) is 14.6 Å². The number of benzene rings is 1. The molecule has 226 valence electrons. The van der Waals surface area contributed by atoms with Crippen LogP contribution in [0.2, 0.25) is 0 Å². The molecule has 5 aromatic heterocycles. The molecule has 6 aromatic rings. The van der Waals surface area contributed by atoms with Gasteiger partial charge in [0.25, 0.3) is 0 Å². The number of hydrogen-bond donors (Lipinski definition) is 2. The van der Waals surface area contributed by atoms with Crippen LogP contribution in [0.15, 0.2) is 53.4 Å². The maximum atomic E-state index is 14.9. The minimum Gasteiger partial charge on any atom is -0.445 e. The van der Waals surface area contributed by atoms with Crippen LogP contribution in [-0.4, -0.2) is 82.1 Å². The van der Waals surface area contributed by atoms with Gasteiger partial charge in [-0.3, -0.25) is 9.88 Å². The minimum atomic E-state index is -1.20.